The minimum absolute atomic E-state index is 0.499. The lowest BCUT2D eigenvalue weighted by Gasteiger charge is -2.01. The molecule has 2 nitrogen and oxygen atoms in total. The number of hydrogen-bond acceptors (Lipinski definition) is 1. The zero-order valence-corrected chi connectivity index (χ0v) is 9.22. The van der Waals surface area contributed by atoms with Crippen LogP contribution in [0.5, 0.6) is 0 Å². The lowest BCUT2D eigenvalue weighted by atomic mass is 10.1. The summed E-state index contributed by atoms with van der Waals surface area (Å²) in [6.45, 7) is 2.17. The molecule has 0 aliphatic rings. The first kappa shape index (κ1) is 11.4. The topological polar surface area (TPSA) is 37.3 Å². The summed E-state index contributed by atoms with van der Waals surface area (Å²) in [6, 6.07) is 7.34. The highest BCUT2D eigenvalue weighted by molar-refractivity contribution is 7.79. The predicted molar refractivity (Wildman–Crippen MR) is 58.7 cm³/mol. The first-order chi connectivity index (χ1) is 6.74. The molecule has 1 aromatic carbocycles. The zero-order valence-electron chi connectivity index (χ0n) is 8.40. The van der Waals surface area contributed by atoms with E-state index in [1.54, 1.807) is 6.07 Å². The fraction of sp³-hybridized carbons (Fsp3) is 0.455. The summed E-state index contributed by atoms with van der Waals surface area (Å²) < 4.78 is 19.7. The molecule has 1 aromatic rings. The van der Waals surface area contributed by atoms with Crippen LogP contribution in [0.1, 0.15) is 31.7 Å². The Morgan fingerprint density at radius 2 is 2.14 bits per heavy atom. The van der Waals surface area contributed by atoms with Gasteiger partial charge in [-0.25, -0.2) is 4.21 Å². The van der Waals surface area contributed by atoms with Gasteiger partial charge in [-0.05, 0) is 30.5 Å². The van der Waals surface area contributed by atoms with Gasteiger partial charge in [0, 0.05) is 0 Å². The molecular formula is C11H16O2S. The summed E-state index contributed by atoms with van der Waals surface area (Å²) in [4.78, 5) is 0.499. The van der Waals surface area contributed by atoms with Gasteiger partial charge in [-0.2, -0.15) is 0 Å². The highest BCUT2D eigenvalue weighted by Crippen LogP contribution is 2.11. The first-order valence-corrected chi connectivity index (χ1v) is 6.04. The van der Waals surface area contributed by atoms with Crippen molar-refractivity contribution in [2.24, 2.45) is 0 Å². The molecule has 14 heavy (non-hydrogen) atoms. The maximum Gasteiger partial charge on any atom is 0.186 e. The first-order valence-electron chi connectivity index (χ1n) is 4.94. The van der Waals surface area contributed by atoms with E-state index in [0.717, 1.165) is 18.4 Å². The third kappa shape index (κ3) is 3.60. The maximum atomic E-state index is 10.8. The van der Waals surface area contributed by atoms with Gasteiger partial charge in [-0.1, -0.05) is 31.9 Å². The molecule has 0 radical (unpaired) electrons. The Bertz CT molecular complexity index is 310. The second kappa shape index (κ2) is 5.94. The lowest BCUT2D eigenvalue weighted by molar-refractivity contribution is 0.564. The van der Waals surface area contributed by atoms with Crippen molar-refractivity contribution in [1.29, 1.82) is 0 Å². The number of rotatable bonds is 5. The molecular weight excluding hydrogens is 196 g/mol. The van der Waals surface area contributed by atoms with Crippen molar-refractivity contribution in [3.63, 3.8) is 0 Å². The SMILES string of the molecule is CCCCCc1cccc(S(=O)O)c1. The number of benzene rings is 1. The Balaban J connectivity index is 2.59. The summed E-state index contributed by atoms with van der Waals surface area (Å²) in [7, 11) is 0. The van der Waals surface area contributed by atoms with Crippen LogP contribution >= 0.6 is 0 Å². The maximum absolute atomic E-state index is 10.8. The van der Waals surface area contributed by atoms with Crippen LogP contribution in [0.15, 0.2) is 29.2 Å². The van der Waals surface area contributed by atoms with Crippen LogP contribution in [0, 0.1) is 0 Å². The molecule has 1 atom stereocenters. The van der Waals surface area contributed by atoms with Crippen molar-refractivity contribution < 1.29 is 8.76 Å². The molecule has 0 bridgehead atoms. The standard InChI is InChI=1S/C11H16O2S/c1-2-3-4-6-10-7-5-8-11(9-10)14(12)13/h5,7-9H,2-4,6H2,1H3,(H,12,13). The van der Waals surface area contributed by atoms with E-state index in [1.165, 1.54) is 12.8 Å². The van der Waals surface area contributed by atoms with E-state index in [0.29, 0.717) is 4.90 Å². The largest absolute Gasteiger partial charge is 0.302 e. The van der Waals surface area contributed by atoms with Crippen molar-refractivity contribution in [3.05, 3.63) is 29.8 Å². The second-order valence-electron chi connectivity index (χ2n) is 3.35. The molecule has 0 aliphatic heterocycles. The van der Waals surface area contributed by atoms with Gasteiger partial charge in [0.25, 0.3) is 0 Å². The molecule has 1 rings (SSSR count). The quantitative estimate of drug-likeness (QED) is 0.601. The Kier molecular flexibility index (Phi) is 4.84. The molecule has 0 amide bonds. The Labute approximate surface area is 87.6 Å². The fourth-order valence-electron chi connectivity index (χ4n) is 1.39. The minimum Gasteiger partial charge on any atom is -0.302 e. The van der Waals surface area contributed by atoms with E-state index in [9.17, 15) is 4.21 Å². The van der Waals surface area contributed by atoms with Crippen LogP contribution in [-0.2, 0) is 17.5 Å². The monoisotopic (exact) mass is 212 g/mol. The van der Waals surface area contributed by atoms with Crippen LogP contribution in [0.2, 0.25) is 0 Å². The van der Waals surface area contributed by atoms with E-state index in [1.807, 2.05) is 18.2 Å². The Morgan fingerprint density at radius 1 is 1.36 bits per heavy atom. The van der Waals surface area contributed by atoms with E-state index < -0.39 is 11.1 Å². The third-order valence-corrected chi connectivity index (χ3v) is 2.83. The van der Waals surface area contributed by atoms with Crippen molar-refractivity contribution in [3.8, 4) is 0 Å². The highest BCUT2D eigenvalue weighted by atomic mass is 32.2. The summed E-state index contributed by atoms with van der Waals surface area (Å²) >= 11 is -1.85. The molecule has 0 fully saturated rings. The molecule has 1 N–H and O–H groups in total. The van der Waals surface area contributed by atoms with Crippen LogP contribution in [0.25, 0.3) is 0 Å². The number of aryl methyl sites for hydroxylation is 1. The van der Waals surface area contributed by atoms with Crippen LogP contribution in [0.4, 0.5) is 0 Å². The molecule has 3 heteroatoms. The fourth-order valence-corrected chi connectivity index (χ4v) is 1.84. The highest BCUT2D eigenvalue weighted by Gasteiger charge is 2.00. The Hall–Kier alpha value is -0.670. The van der Waals surface area contributed by atoms with Gasteiger partial charge in [-0.15, -0.1) is 0 Å². The molecule has 78 valence electrons. The number of hydrogen-bond donors (Lipinski definition) is 1. The summed E-state index contributed by atoms with van der Waals surface area (Å²) in [5.74, 6) is 0. The molecule has 0 aromatic heterocycles. The van der Waals surface area contributed by atoms with E-state index in [2.05, 4.69) is 6.92 Å². The van der Waals surface area contributed by atoms with Gasteiger partial charge >= 0.3 is 0 Å². The smallest absolute Gasteiger partial charge is 0.186 e. The van der Waals surface area contributed by atoms with Crippen LogP contribution < -0.4 is 0 Å². The lowest BCUT2D eigenvalue weighted by Crippen LogP contribution is -1.91. The molecule has 0 heterocycles. The summed E-state index contributed by atoms with van der Waals surface area (Å²) in [5.41, 5.74) is 1.15. The average Bonchev–Trinajstić information content (AvgIpc) is 2.19. The van der Waals surface area contributed by atoms with Crippen LogP contribution in [-0.4, -0.2) is 8.76 Å². The second-order valence-corrected chi connectivity index (χ2v) is 4.32. The molecule has 0 spiro atoms. The van der Waals surface area contributed by atoms with Crippen LogP contribution in [0.3, 0.4) is 0 Å². The third-order valence-electron chi connectivity index (χ3n) is 2.17. The van der Waals surface area contributed by atoms with E-state index in [4.69, 9.17) is 4.55 Å². The molecule has 0 aliphatic carbocycles. The van der Waals surface area contributed by atoms with Gasteiger partial charge in [-0.3, -0.25) is 0 Å². The molecule has 0 saturated heterocycles. The van der Waals surface area contributed by atoms with Gasteiger partial charge in [0.05, 0.1) is 4.90 Å². The van der Waals surface area contributed by atoms with E-state index in [-0.39, 0.29) is 0 Å². The van der Waals surface area contributed by atoms with Crippen molar-refractivity contribution >= 4 is 11.1 Å². The van der Waals surface area contributed by atoms with Crippen molar-refractivity contribution in [2.45, 2.75) is 37.5 Å². The summed E-state index contributed by atoms with van der Waals surface area (Å²) in [6.07, 6.45) is 4.56. The summed E-state index contributed by atoms with van der Waals surface area (Å²) in [5, 5.41) is 0. The molecule has 1 unspecified atom stereocenters. The van der Waals surface area contributed by atoms with Crippen molar-refractivity contribution in [1.82, 2.24) is 0 Å². The normalized spacial score (nSPS) is 12.7. The van der Waals surface area contributed by atoms with Gasteiger partial charge in [0.15, 0.2) is 11.1 Å². The number of unbranched alkanes of at least 4 members (excludes halogenated alkanes) is 2. The zero-order chi connectivity index (χ0) is 10.4. The van der Waals surface area contributed by atoms with Crippen molar-refractivity contribution in [2.75, 3.05) is 0 Å². The predicted octanol–water partition coefficient (Wildman–Crippen LogP) is 3.00. The van der Waals surface area contributed by atoms with Gasteiger partial charge in [0.2, 0.25) is 0 Å². The average molecular weight is 212 g/mol. The Morgan fingerprint density at radius 3 is 2.79 bits per heavy atom. The minimum atomic E-state index is -1.85. The van der Waals surface area contributed by atoms with Gasteiger partial charge < -0.3 is 4.55 Å². The molecule has 0 saturated carbocycles. The van der Waals surface area contributed by atoms with E-state index >= 15 is 0 Å². The van der Waals surface area contributed by atoms with Gasteiger partial charge in [0.1, 0.15) is 0 Å².